The van der Waals surface area contributed by atoms with Crippen LogP contribution in [0.5, 0.6) is 0 Å². The van der Waals surface area contributed by atoms with Gasteiger partial charge in [-0.1, -0.05) is 12.8 Å². The fourth-order valence-electron chi connectivity index (χ4n) is 3.02. The Labute approximate surface area is 87.4 Å². The number of nitrogens with one attached hydrogen (secondary N) is 1. The highest BCUT2D eigenvalue weighted by atomic mass is 16.5. The number of hydrogen-bond donors (Lipinski definition) is 1. The molecule has 2 aliphatic carbocycles. The molecule has 0 aliphatic heterocycles. The zero-order valence-electron chi connectivity index (χ0n) is 9.35. The molecule has 2 saturated carbocycles. The van der Waals surface area contributed by atoms with Crippen LogP contribution in [0.3, 0.4) is 0 Å². The first-order valence-electron chi connectivity index (χ1n) is 6.07. The maximum Gasteiger partial charge on any atom is 0.0587 e. The van der Waals surface area contributed by atoms with Crippen LogP contribution < -0.4 is 5.32 Å². The van der Waals surface area contributed by atoms with E-state index in [1.54, 1.807) is 7.11 Å². The minimum absolute atomic E-state index is 0.688. The van der Waals surface area contributed by atoms with Crippen molar-refractivity contribution in [3.8, 4) is 0 Å². The van der Waals surface area contributed by atoms with E-state index in [1.165, 1.54) is 45.1 Å². The van der Waals surface area contributed by atoms with Gasteiger partial charge in [0.25, 0.3) is 0 Å². The van der Waals surface area contributed by atoms with E-state index < -0.39 is 0 Å². The third-order valence-electron chi connectivity index (χ3n) is 4.00. The standard InChI is InChI=1S/C12H23NO/c1-14-9-8-13-10-12(11-4-5-11)6-2-3-7-12/h11,13H,2-10H2,1H3. The molecule has 0 spiro atoms. The molecule has 14 heavy (non-hydrogen) atoms. The van der Waals surface area contributed by atoms with Gasteiger partial charge >= 0.3 is 0 Å². The van der Waals surface area contributed by atoms with E-state index in [4.69, 9.17) is 4.74 Å². The van der Waals surface area contributed by atoms with Crippen LogP contribution >= 0.6 is 0 Å². The molecule has 0 aromatic rings. The van der Waals surface area contributed by atoms with Crippen LogP contribution in [0.4, 0.5) is 0 Å². The maximum atomic E-state index is 5.05. The molecule has 0 aromatic carbocycles. The molecule has 0 saturated heterocycles. The Balaban J connectivity index is 1.74. The smallest absolute Gasteiger partial charge is 0.0587 e. The van der Waals surface area contributed by atoms with E-state index in [1.807, 2.05) is 0 Å². The molecule has 0 atom stereocenters. The van der Waals surface area contributed by atoms with Crippen molar-refractivity contribution in [2.75, 3.05) is 26.8 Å². The quantitative estimate of drug-likeness (QED) is 0.659. The summed E-state index contributed by atoms with van der Waals surface area (Å²) in [4.78, 5) is 0. The third-order valence-corrected chi connectivity index (χ3v) is 4.00. The minimum atomic E-state index is 0.688. The fraction of sp³-hybridized carbons (Fsp3) is 1.00. The van der Waals surface area contributed by atoms with Crippen molar-refractivity contribution in [3.63, 3.8) is 0 Å². The van der Waals surface area contributed by atoms with Gasteiger partial charge in [-0.2, -0.15) is 0 Å². The molecule has 0 radical (unpaired) electrons. The predicted molar refractivity (Wildman–Crippen MR) is 58.4 cm³/mol. The van der Waals surface area contributed by atoms with Gasteiger partial charge in [0.05, 0.1) is 6.61 Å². The highest BCUT2D eigenvalue weighted by Crippen LogP contribution is 2.54. The zero-order chi connectivity index (χ0) is 9.86. The van der Waals surface area contributed by atoms with Crippen LogP contribution in [-0.2, 0) is 4.74 Å². The Morgan fingerprint density at radius 3 is 2.57 bits per heavy atom. The summed E-state index contributed by atoms with van der Waals surface area (Å²) in [7, 11) is 1.77. The lowest BCUT2D eigenvalue weighted by Gasteiger charge is -2.29. The van der Waals surface area contributed by atoms with Crippen LogP contribution in [-0.4, -0.2) is 26.8 Å². The summed E-state index contributed by atoms with van der Waals surface area (Å²) in [5, 5.41) is 3.57. The lowest BCUT2D eigenvalue weighted by molar-refractivity contribution is 0.183. The minimum Gasteiger partial charge on any atom is -0.383 e. The third kappa shape index (κ3) is 2.29. The summed E-state index contributed by atoms with van der Waals surface area (Å²) in [5.74, 6) is 1.06. The van der Waals surface area contributed by atoms with Crippen molar-refractivity contribution in [3.05, 3.63) is 0 Å². The number of rotatable bonds is 6. The van der Waals surface area contributed by atoms with Crippen molar-refractivity contribution in [2.24, 2.45) is 11.3 Å². The number of ether oxygens (including phenoxy) is 1. The Morgan fingerprint density at radius 2 is 2.00 bits per heavy atom. The molecule has 0 heterocycles. The average Bonchev–Trinajstić information content (AvgIpc) is 2.96. The first-order chi connectivity index (χ1) is 6.87. The van der Waals surface area contributed by atoms with Crippen molar-refractivity contribution in [1.29, 1.82) is 0 Å². The van der Waals surface area contributed by atoms with Gasteiger partial charge in [0.2, 0.25) is 0 Å². The van der Waals surface area contributed by atoms with Gasteiger partial charge in [-0.15, -0.1) is 0 Å². The lowest BCUT2D eigenvalue weighted by Crippen LogP contribution is -2.35. The molecule has 2 fully saturated rings. The maximum absolute atomic E-state index is 5.05. The average molecular weight is 197 g/mol. The van der Waals surface area contributed by atoms with Crippen molar-refractivity contribution >= 4 is 0 Å². The molecule has 2 nitrogen and oxygen atoms in total. The van der Waals surface area contributed by atoms with E-state index in [2.05, 4.69) is 5.32 Å². The molecule has 0 amide bonds. The number of methoxy groups -OCH3 is 1. The predicted octanol–water partition coefficient (Wildman–Crippen LogP) is 2.19. The van der Waals surface area contributed by atoms with E-state index in [0.717, 1.165) is 19.1 Å². The SMILES string of the molecule is COCCNCC1(C2CC2)CCCC1. The molecule has 1 N–H and O–H groups in total. The van der Waals surface area contributed by atoms with Gasteiger partial charge in [0, 0.05) is 20.2 Å². The molecule has 0 unspecified atom stereocenters. The van der Waals surface area contributed by atoms with E-state index in [-0.39, 0.29) is 0 Å². The molecular weight excluding hydrogens is 174 g/mol. The Morgan fingerprint density at radius 1 is 1.29 bits per heavy atom. The van der Waals surface area contributed by atoms with Crippen molar-refractivity contribution in [1.82, 2.24) is 5.32 Å². The second-order valence-electron chi connectivity index (χ2n) is 5.01. The molecule has 2 heteroatoms. The monoisotopic (exact) mass is 197 g/mol. The van der Waals surface area contributed by atoms with Crippen molar-refractivity contribution in [2.45, 2.75) is 38.5 Å². The zero-order valence-corrected chi connectivity index (χ0v) is 9.35. The Bertz CT molecular complexity index is 171. The summed E-state index contributed by atoms with van der Waals surface area (Å²) >= 11 is 0. The Hall–Kier alpha value is -0.0800. The highest BCUT2D eigenvalue weighted by molar-refractivity contribution is 4.98. The summed E-state index contributed by atoms with van der Waals surface area (Å²) in [6, 6.07) is 0. The molecule has 82 valence electrons. The summed E-state index contributed by atoms with van der Waals surface area (Å²) in [6.07, 6.45) is 8.85. The summed E-state index contributed by atoms with van der Waals surface area (Å²) in [6.45, 7) is 3.10. The molecule has 0 aromatic heterocycles. The van der Waals surface area contributed by atoms with Crippen LogP contribution in [0.1, 0.15) is 38.5 Å². The van der Waals surface area contributed by atoms with Crippen LogP contribution in [0.25, 0.3) is 0 Å². The second-order valence-corrected chi connectivity index (χ2v) is 5.01. The van der Waals surface area contributed by atoms with Crippen LogP contribution in [0, 0.1) is 11.3 Å². The van der Waals surface area contributed by atoms with Gasteiger partial charge < -0.3 is 10.1 Å². The molecule has 2 aliphatic rings. The van der Waals surface area contributed by atoms with Gasteiger partial charge in [0.15, 0.2) is 0 Å². The Kier molecular flexibility index (Phi) is 3.45. The topological polar surface area (TPSA) is 21.3 Å². The van der Waals surface area contributed by atoms with Crippen molar-refractivity contribution < 1.29 is 4.74 Å². The molecule has 2 rings (SSSR count). The summed E-state index contributed by atoms with van der Waals surface area (Å²) < 4.78 is 5.05. The fourth-order valence-corrected chi connectivity index (χ4v) is 3.02. The van der Waals surface area contributed by atoms with E-state index in [0.29, 0.717) is 5.41 Å². The summed E-state index contributed by atoms with van der Waals surface area (Å²) in [5.41, 5.74) is 0.688. The first-order valence-corrected chi connectivity index (χ1v) is 6.07. The van der Waals surface area contributed by atoms with Gasteiger partial charge in [-0.05, 0) is 37.0 Å². The molecule has 0 bridgehead atoms. The van der Waals surface area contributed by atoms with Gasteiger partial charge in [-0.3, -0.25) is 0 Å². The normalized spacial score (nSPS) is 25.5. The molecular formula is C12H23NO. The van der Waals surface area contributed by atoms with Crippen LogP contribution in [0.2, 0.25) is 0 Å². The van der Waals surface area contributed by atoms with E-state index in [9.17, 15) is 0 Å². The largest absolute Gasteiger partial charge is 0.383 e. The first kappa shape index (κ1) is 10.4. The second kappa shape index (κ2) is 4.63. The number of hydrogen-bond acceptors (Lipinski definition) is 2. The lowest BCUT2D eigenvalue weighted by atomic mass is 9.81. The van der Waals surface area contributed by atoms with Crippen LogP contribution in [0.15, 0.2) is 0 Å². The van der Waals surface area contributed by atoms with Gasteiger partial charge in [0.1, 0.15) is 0 Å². The van der Waals surface area contributed by atoms with E-state index >= 15 is 0 Å². The highest BCUT2D eigenvalue weighted by Gasteiger charge is 2.45. The van der Waals surface area contributed by atoms with Gasteiger partial charge in [-0.25, -0.2) is 0 Å².